The molecule has 0 aliphatic rings. The van der Waals surface area contributed by atoms with E-state index < -0.39 is 5.97 Å². The largest absolute Gasteiger partial charge is 0.497 e. The molecule has 6 heteroatoms. The van der Waals surface area contributed by atoms with E-state index in [-0.39, 0.29) is 19.0 Å². The summed E-state index contributed by atoms with van der Waals surface area (Å²) in [5.74, 6) is 0.671. The average molecular weight is 381 g/mol. The number of H-pyrrole nitrogens is 1. The lowest BCUT2D eigenvalue weighted by molar-refractivity contribution is 0.0525. The molecule has 3 rings (SSSR count). The minimum absolute atomic E-state index is 0.140. The third-order valence-electron chi connectivity index (χ3n) is 4.58. The summed E-state index contributed by atoms with van der Waals surface area (Å²) in [6, 6.07) is 11.4. The van der Waals surface area contributed by atoms with Gasteiger partial charge >= 0.3 is 5.97 Å². The van der Waals surface area contributed by atoms with Gasteiger partial charge < -0.3 is 19.2 Å². The Bertz CT molecular complexity index is 1030. The Labute approximate surface area is 163 Å². The first kappa shape index (κ1) is 19.5. The van der Waals surface area contributed by atoms with Gasteiger partial charge in [-0.2, -0.15) is 0 Å². The van der Waals surface area contributed by atoms with Crippen LogP contribution in [0.25, 0.3) is 10.8 Å². The maximum atomic E-state index is 12.6. The molecule has 3 aromatic rings. The number of carbonyl (C=O) groups excluding carboxylic acids is 2. The first-order chi connectivity index (χ1) is 13.4. The number of aryl methyl sites for hydroxylation is 1. The molecular weight excluding hydrogens is 358 g/mol. The number of benzene rings is 2. The zero-order valence-electron chi connectivity index (χ0n) is 16.4. The topological polar surface area (TPSA) is 77.6 Å². The van der Waals surface area contributed by atoms with Gasteiger partial charge in [-0.05, 0) is 61.4 Å². The molecule has 0 saturated carbocycles. The molecule has 0 aliphatic carbocycles. The Morgan fingerprint density at radius 1 is 1.00 bits per heavy atom. The van der Waals surface area contributed by atoms with Crippen LogP contribution in [0, 0.1) is 13.8 Å². The van der Waals surface area contributed by atoms with Crippen molar-refractivity contribution in [2.75, 3.05) is 20.3 Å². The van der Waals surface area contributed by atoms with E-state index in [4.69, 9.17) is 14.2 Å². The molecule has 0 spiro atoms. The zero-order chi connectivity index (χ0) is 20.3. The molecular formula is C22H23NO5. The number of Topliss-reactive ketones (excluding diaryl/α,β-unsaturated/α-hetero) is 1. The van der Waals surface area contributed by atoms with Crippen molar-refractivity contribution >= 4 is 22.5 Å². The van der Waals surface area contributed by atoms with Crippen molar-refractivity contribution < 1.29 is 23.8 Å². The van der Waals surface area contributed by atoms with E-state index in [0.717, 1.165) is 16.5 Å². The van der Waals surface area contributed by atoms with Crippen LogP contribution in [-0.2, 0) is 4.74 Å². The van der Waals surface area contributed by atoms with Gasteiger partial charge in [0.15, 0.2) is 6.61 Å². The van der Waals surface area contributed by atoms with Crippen molar-refractivity contribution in [1.29, 1.82) is 0 Å². The molecule has 0 amide bonds. The van der Waals surface area contributed by atoms with Gasteiger partial charge in [0.2, 0.25) is 5.78 Å². The molecule has 28 heavy (non-hydrogen) atoms. The highest BCUT2D eigenvalue weighted by Crippen LogP contribution is 2.25. The van der Waals surface area contributed by atoms with Crippen molar-refractivity contribution in [2.24, 2.45) is 0 Å². The molecule has 0 saturated heterocycles. The van der Waals surface area contributed by atoms with Crippen LogP contribution in [0.4, 0.5) is 0 Å². The summed E-state index contributed by atoms with van der Waals surface area (Å²) in [7, 11) is 1.62. The number of hydrogen-bond donors (Lipinski definition) is 1. The van der Waals surface area contributed by atoms with Gasteiger partial charge in [0.25, 0.3) is 0 Å². The molecule has 1 N–H and O–H groups in total. The van der Waals surface area contributed by atoms with Crippen LogP contribution in [0.2, 0.25) is 0 Å². The lowest BCUT2D eigenvalue weighted by Crippen LogP contribution is -2.13. The van der Waals surface area contributed by atoms with E-state index in [1.807, 2.05) is 36.4 Å². The fourth-order valence-corrected chi connectivity index (χ4v) is 3.18. The van der Waals surface area contributed by atoms with Gasteiger partial charge in [0, 0.05) is 5.69 Å². The normalized spacial score (nSPS) is 10.7. The molecule has 146 valence electrons. The second-order valence-electron chi connectivity index (χ2n) is 6.43. The van der Waals surface area contributed by atoms with E-state index in [0.29, 0.717) is 28.3 Å². The molecule has 0 fully saturated rings. The summed E-state index contributed by atoms with van der Waals surface area (Å²) in [6.07, 6.45) is 0. The SMILES string of the molecule is CCOC(=O)c1c(C)[nH]c(C(=O)COc2ccc3ccc(OC)cc3c2)c1C. The molecule has 0 aliphatic heterocycles. The summed E-state index contributed by atoms with van der Waals surface area (Å²) in [6.45, 7) is 5.35. The van der Waals surface area contributed by atoms with Crippen LogP contribution in [0.5, 0.6) is 11.5 Å². The Kier molecular flexibility index (Phi) is 5.68. The molecule has 0 radical (unpaired) electrons. The highest BCUT2D eigenvalue weighted by molar-refractivity contribution is 6.02. The number of ether oxygens (including phenoxy) is 3. The highest BCUT2D eigenvalue weighted by atomic mass is 16.5. The van der Waals surface area contributed by atoms with Crippen LogP contribution >= 0.6 is 0 Å². The maximum Gasteiger partial charge on any atom is 0.340 e. The van der Waals surface area contributed by atoms with Crippen molar-refractivity contribution in [1.82, 2.24) is 4.98 Å². The van der Waals surface area contributed by atoms with Crippen LogP contribution in [0.3, 0.4) is 0 Å². The number of rotatable bonds is 7. The monoisotopic (exact) mass is 381 g/mol. The minimum atomic E-state index is -0.433. The Balaban J connectivity index is 1.76. The lowest BCUT2D eigenvalue weighted by atomic mass is 10.1. The summed E-state index contributed by atoms with van der Waals surface area (Å²) in [5.41, 5.74) is 1.95. The van der Waals surface area contributed by atoms with Crippen LogP contribution in [0.15, 0.2) is 36.4 Å². The Morgan fingerprint density at radius 3 is 2.36 bits per heavy atom. The Hall–Kier alpha value is -3.28. The predicted molar refractivity (Wildman–Crippen MR) is 107 cm³/mol. The van der Waals surface area contributed by atoms with Gasteiger partial charge in [-0.25, -0.2) is 4.79 Å². The van der Waals surface area contributed by atoms with Crippen molar-refractivity contribution in [3.63, 3.8) is 0 Å². The van der Waals surface area contributed by atoms with Gasteiger partial charge in [-0.15, -0.1) is 0 Å². The minimum Gasteiger partial charge on any atom is -0.497 e. The number of esters is 1. The molecule has 2 aromatic carbocycles. The van der Waals surface area contributed by atoms with Gasteiger partial charge in [-0.1, -0.05) is 12.1 Å². The van der Waals surface area contributed by atoms with E-state index >= 15 is 0 Å². The number of aromatic nitrogens is 1. The number of hydrogen-bond acceptors (Lipinski definition) is 5. The highest BCUT2D eigenvalue weighted by Gasteiger charge is 2.23. The average Bonchev–Trinajstić information content (AvgIpc) is 2.99. The molecule has 0 bridgehead atoms. The van der Waals surface area contributed by atoms with E-state index in [2.05, 4.69) is 4.98 Å². The summed E-state index contributed by atoms with van der Waals surface area (Å²) in [5, 5.41) is 2.01. The summed E-state index contributed by atoms with van der Waals surface area (Å²) < 4.78 is 16.0. The number of methoxy groups -OCH3 is 1. The Morgan fingerprint density at radius 2 is 1.68 bits per heavy atom. The number of nitrogens with one attached hydrogen (secondary N) is 1. The standard InChI is InChI=1S/C22H23NO5/c1-5-27-22(25)20-13(2)21(23-14(20)3)19(24)12-28-18-9-7-15-6-8-17(26-4)10-16(15)11-18/h6-11,23H,5,12H2,1-4H3. The molecule has 0 unspecified atom stereocenters. The fourth-order valence-electron chi connectivity index (χ4n) is 3.18. The second-order valence-corrected chi connectivity index (χ2v) is 6.43. The van der Waals surface area contributed by atoms with Crippen LogP contribution in [0.1, 0.15) is 39.0 Å². The molecule has 0 atom stereocenters. The van der Waals surface area contributed by atoms with Crippen molar-refractivity contribution in [2.45, 2.75) is 20.8 Å². The van der Waals surface area contributed by atoms with Gasteiger partial charge in [0.1, 0.15) is 11.5 Å². The zero-order valence-corrected chi connectivity index (χ0v) is 16.4. The smallest absolute Gasteiger partial charge is 0.340 e. The van der Waals surface area contributed by atoms with Crippen LogP contribution in [-0.4, -0.2) is 37.1 Å². The second kappa shape index (κ2) is 8.17. The van der Waals surface area contributed by atoms with E-state index in [1.54, 1.807) is 27.9 Å². The fraction of sp³-hybridized carbons (Fsp3) is 0.273. The predicted octanol–water partition coefficient (Wildman–Crippen LogP) is 4.23. The molecule has 1 heterocycles. The number of carbonyl (C=O) groups is 2. The van der Waals surface area contributed by atoms with Crippen molar-refractivity contribution in [3.8, 4) is 11.5 Å². The molecule has 6 nitrogen and oxygen atoms in total. The summed E-state index contributed by atoms with van der Waals surface area (Å²) >= 11 is 0. The van der Waals surface area contributed by atoms with Crippen molar-refractivity contribution in [3.05, 3.63) is 58.9 Å². The van der Waals surface area contributed by atoms with Gasteiger partial charge in [0.05, 0.1) is 25.0 Å². The quantitative estimate of drug-likeness (QED) is 0.489. The number of aromatic amines is 1. The maximum absolute atomic E-state index is 12.6. The number of fused-ring (bicyclic) bond motifs is 1. The van der Waals surface area contributed by atoms with Gasteiger partial charge in [-0.3, -0.25) is 4.79 Å². The third-order valence-corrected chi connectivity index (χ3v) is 4.58. The first-order valence-corrected chi connectivity index (χ1v) is 9.04. The first-order valence-electron chi connectivity index (χ1n) is 9.04. The molecule has 1 aromatic heterocycles. The van der Waals surface area contributed by atoms with Crippen LogP contribution < -0.4 is 9.47 Å². The van der Waals surface area contributed by atoms with E-state index in [1.165, 1.54) is 0 Å². The third kappa shape index (κ3) is 3.86. The van der Waals surface area contributed by atoms with E-state index in [9.17, 15) is 9.59 Å². The lowest BCUT2D eigenvalue weighted by Gasteiger charge is -2.08. The number of ketones is 1. The summed E-state index contributed by atoms with van der Waals surface area (Å²) in [4.78, 5) is 27.7.